The number of anilines is 1. The Balaban J connectivity index is 2.33. The summed E-state index contributed by atoms with van der Waals surface area (Å²) in [7, 11) is 0. The molecule has 0 amide bonds. The Morgan fingerprint density at radius 1 is 1.45 bits per heavy atom. The van der Waals surface area contributed by atoms with E-state index in [1.165, 1.54) is 19.3 Å². The number of aliphatic hydroxyl groups excluding tert-OH is 1. The fraction of sp³-hybridized carbons (Fsp3) is 0.571. The third-order valence-corrected chi connectivity index (χ3v) is 4.16. The van der Waals surface area contributed by atoms with Gasteiger partial charge in [0, 0.05) is 24.3 Å². The minimum absolute atomic E-state index is 0.0544. The van der Waals surface area contributed by atoms with Crippen LogP contribution < -0.4 is 10.6 Å². The van der Waals surface area contributed by atoms with E-state index in [-0.39, 0.29) is 12.4 Å². The van der Waals surface area contributed by atoms with Crippen molar-refractivity contribution in [2.75, 3.05) is 18.1 Å². The van der Waals surface area contributed by atoms with Gasteiger partial charge in [0.1, 0.15) is 11.7 Å². The van der Waals surface area contributed by atoms with Crippen molar-refractivity contribution >= 4 is 23.3 Å². The van der Waals surface area contributed by atoms with Gasteiger partial charge in [-0.05, 0) is 18.9 Å². The lowest BCUT2D eigenvalue weighted by Gasteiger charge is -2.35. The number of amidine groups is 1. The summed E-state index contributed by atoms with van der Waals surface area (Å²) in [6, 6.07) is 2.00. The Hall–Kier alpha value is -1.33. The molecule has 1 aliphatic carbocycles. The van der Waals surface area contributed by atoms with Gasteiger partial charge in [0.2, 0.25) is 0 Å². The number of aliphatic hydroxyl groups is 1. The number of rotatable bonds is 5. The SMILES string of the molecule is N=C(N)c1ccnc(N(CCO)C2CCCCC2)c1Cl. The van der Waals surface area contributed by atoms with Crippen molar-refractivity contribution in [2.45, 2.75) is 38.1 Å². The minimum Gasteiger partial charge on any atom is -0.395 e. The molecule has 20 heavy (non-hydrogen) atoms. The lowest BCUT2D eigenvalue weighted by atomic mass is 9.94. The Morgan fingerprint density at radius 3 is 2.75 bits per heavy atom. The highest BCUT2D eigenvalue weighted by Gasteiger charge is 2.24. The van der Waals surface area contributed by atoms with Gasteiger partial charge in [-0.3, -0.25) is 5.41 Å². The van der Waals surface area contributed by atoms with Crippen molar-refractivity contribution in [3.8, 4) is 0 Å². The normalized spacial score (nSPS) is 16.1. The van der Waals surface area contributed by atoms with Gasteiger partial charge in [0.15, 0.2) is 0 Å². The van der Waals surface area contributed by atoms with Gasteiger partial charge in [-0.25, -0.2) is 4.98 Å². The summed E-state index contributed by atoms with van der Waals surface area (Å²) in [4.78, 5) is 6.41. The standard InChI is InChI=1S/C14H21ClN4O/c15-12-11(13(16)17)6-7-18-14(12)19(8-9-20)10-4-2-1-3-5-10/h6-7,10,20H,1-5,8-9H2,(H3,16,17). The molecule has 1 aromatic heterocycles. The van der Waals surface area contributed by atoms with Crippen molar-refractivity contribution in [1.29, 1.82) is 5.41 Å². The molecule has 1 aromatic rings. The first-order chi connectivity index (χ1) is 9.65. The van der Waals surface area contributed by atoms with E-state index in [2.05, 4.69) is 9.88 Å². The summed E-state index contributed by atoms with van der Waals surface area (Å²) in [5.74, 6) is 0.562. The molecule has 0 unspecified atom stereocenters. The highest BCUT2D eigenvalue weighted by atomic mass is 35.5. The molecule has 6 heteroatoms. The van der Waals surface area contributed by atoms with Crippen molar-refractivity contribution < 1.29 is 5.11 Å². The zero-order chi connectivity index (χ0) is 14.5. The maximum atomic E-state index is 9.32. The number of nitrogens with zero attached hydrogens (tertiary/aromatic N) is 2. The lowest BCUT2D eigenvalue weighted by Crippen LogP contribution is -2.39. The van der Waals surface area contributed by atoms with Crippen LogP contribution >= 0.6 is 11.6 Å². The van der Waals surface area contributed by atoms with E-state index in [9.17, 15) is 5.11 Å². The number of hydrogen-bond acceptors (Lipinski definition) is 4. The van der Waals surface area contributed by atoms with Crippen LogP contribution in [-0.2, 0) is 0 Å². The Morgan fingerprint density at radius 2 is 2.15 bits per heavy atom. The van der Waals surface area contributed by atoms with Gasteiger partial charge in [0.05, 0.1) is 11.6 Å². The largest absolute Gasteiger partial charge is 0.395 e. The minimum atomic E-state index is -0.0637. The van der Waals surface area contributed by atoms with Crippen LogP contribution in [0.2, 0.25) is 5.02 Å². The summed E-state index contributed by atoms with van der Waals surface area (Å²) >= 11 is 6.35. The van der Waals surface area contributed by atoms with Gasteiger partial charge in [-0.2, -0.15) is 0 Å². The zero-order valence-electron chi connectivity index (χ0n) is 11.5. The molecular formula is C14H21ClN4O. The average Bonchev–Trinajstić information content (AvgIpc) is 2.46. The molecule has 0 saturated heterocycles. The van der Waals surface area contributed by atoms with Crippen LogP contribution in [0.3, 0.4) is 0 Å². The second-order valence-electron chi connectivity index (χ2n) is 5.12. The summed E-state index contributed by atoms with van der Waals surface area (Å²) < 4.78 is 0. The average molecular weight is 297 g/mol. The Labute approximate surface area is 124 Å². The summed E-state index contributed by atoms with van der Waals surface area (Å²) in [5, 5.41) is 17.3. The number of nitrogens with one attached hydrogen (secondary N) is 1. The molecule has 1 saturated carbocycles. The Kier molecular flexibility index (Phi) is 5.20. The van der Waals surface area contributed by atoms with Crippen molar-refractivity contribution in [3.63, 3.8) is 0 Å². The number of aromatic nitrogens is 1. The van der Waals surface area contributed by atoms with E-state index in [0.29, 0.717) is 29.0 Å². The molecule has 0 radical (unpaired) electrons. The maximum Gasteiger partial charge on any atom is 0.148 e. The van der Waals surface area contributed by atoms with Crippen molar-refractivity contribution in [3.05, 3.63) is 22.8 Å². The number of nitrogens with two attached hydrogens (primary N) is 1. The number of nitrogen functional groups attached to an aromatic ring is 1. The Bertz CT molecular complexity index is 474. The van der Waals surface area contributed by atoms with Gasteiger partial charge in [-0.15, -0.1) is 0 Å². The van der Waals surface area contributed by atoms with E-state index in [1.54, 1.807) is 12.3 Å². The van der Waals surface area contributed by atoms with E-state index < -0.39 is 0 Å². The van der Waals surface area contributed by atoms with E-state index in [4.69, 9.17) is 22.7 Å². The summed E-state index contributed by atoms with van der Waals surface area (Å²) in [5.41, 5.74) is 6.03. The molecule has 110 valence electrons. The third kappa shape index (κ3) is 3.22. The van der Waals surface area contributed by atoms with E-state index in [0.717, 1.165) is 12.8 Å². The molecule has 5 nitrogen and oxygen atoms in total. The van der Waals surface area contributed by atoms with Crippen LogP contribution in [0, 0.1) is 5.41 Å². The second-order valence-corrected chi connectivity index (χ2v) is 5.50. The second kappa shape index (κ2) is 6.90. The first-order valence-electron chi connectivity index (χ1n) is 7.01. The highest BCUT2D eigenvalue weighted by molar-refractivity contribution is 6.36. The summed E-state index contributed by atoms with van der Waals surface area (Å²) in [6.07, 6.45) is 7.43. The van der Waals surface area contributed by atoms with Gasteiger partial charge in [0.25, 0.3) is 0 Å². The molecule has 2 rings (SSSR count). The van der Waals surface area contributed by atoms with Crippen LogP contribution in [0.4, 0.5) is 5.82 Å². The molecule has 0 aliphatic heterocycles. The first-order valence-corrected chi connectivity index (χ1v) is 7.39. The van der Waals surface area contributed by atoms with Crippen LogP contribution in [0.1, 0.15) is 37.7 Å². The summed E-state index contributed by atoms with van der Waals surface area (Å²) in [6.45, 7) is 0.553. The monoisotopic (exact) mass is 296 g/mol. The molecule has 0 atom stereocenters. The maximum absolute atomic E-state index is 9.32. The van der Waals surface area contributed by atoms with Gasteiger partial charge < -0.3 is 15.7 Å². The predicted octanol–water partition coefficient (Wildman–Crippen LogP) is 2.15. The van der Waals surface area contributed by atoms with E-state index in [1.807, 2.05) is 0 Å². The number of pyridine rings is 1. The number of hydrogen-bond donors (Lipinski definition) is 3. The third-order valence-electron chi connectivity index (χ3n) is 3.79. The van der Waals surface area contributed by atoms with Crippen molar-refractivity contribution in [2.24, 2.45) is 5.73 Å². The van der Waals surface area contributed by atoms with Gasteiger partial charge in [-0.1, -0.05) is 30.9 Å². The zero-order valence-corrected chi connectivity index (χ0v) is 12.2. The fourth-order valence-electron chi connectivity index (χ4n) is 2.80. The quantitative estimate of drug-likeness (QED) is 0.574. The highest BCUT2D eigenvalue weighted by Crippen LogP contribution is 2.32. The van der Waals surface area contributed by atoms with Gasteiger partial charge >= 0.3 is 0 Å². The molecule has 1 fully saturated rings. The fourth-order valence-corrected chi connectivity index (χ4v) is 3.12. The molecule has 0 aromatic carbocycles. The molecule has 1 aliphatic rings. The first kappa shape index (κ1) is 15.1. The number of halogens is 1. The smallest absolute Gasteiger partial charge is 0.148 e. The van der Waals surface area contributed by atoms with Crippen LogP contribution in [-0.4, -0.2) is 35.1 Å². The van der Waals surface area contributed by atoms with E-state index >= 15 is 0 Å². The molecule has 0 bridgehead atoms. The molecular weight excluding hydrogens is 276 g/mol. The van der Waals surface area contributed by atoms with Crippen LogP contribution in [0.5, 0.6) is 0 Å². The molecule has 0 spiro atoms. The molecule has 1 heterocycles. The van der Waals surface area contributed by atoms with Crippen LogP contribution in [0.15, 0.2) is 12.3 Å². The van der Waals surface area contributed by atoms with Crippen LogP contribution in [0.25, 0.3) is 0 Å². The lowest BCUT2D eigenvalue weighted by molar-refractivity contribution is 0.289. The topological polar surface area (TPSA) is 86.2 Å². The van der Waals surface area contributed by atoms with Crippen molar-refractivity contribution in [1.82, 2.24) is 4.98 Å². The molecule has 4 N–H and O–H groups in total. The predicted molar refractivity (Wildman–Crippen MR) is 81.6 cm³/mol.